The van der Waals surface area contributed by atoms with Crippen LogP contribution in [-0.4, -0.2) is 35.1 Å². The Hall–Kier alpha value is -1.71. The van der Waals surface area contributed by atoms with Crippen LogP contribution in [0.1, 0.15) is 46.5 Å². The number of carbonyl (C=O) groups is 1. The molecular weight excluding hydrogens is 278 g/mol. The molecular formula is C18H25NO3. The van der Waals surface area contributed by atoms with Crippen LogP contribution in [0.25, 0.3) is 0 Å². The van der Waals surface area contributed by atoms with Gasteiger partial charge in [-0.3, -0.25) is 4.79 Å². The first-order valence-corrected chi connectivity index (χ1v) is 8.32. The fraction of sp³-hybridized carbons (Fsp3) is 0.611. The number of rotatable bonds is 3. The molecule has 0 aromatic heterocycles. The van der Waals surface area contributed by atoms with E-state index in [-0.39, 0.29) is 18.1 Å². The molecule has 1 heterocycles. The van der Waals surface area contributed by atoms with Crippen molar-refractivity contribution in [3.05, 3.63) is 24.3 Å². The Morgan fingerprint density at radius 3 is 2.32 bits per heavy atom. The van der Waals surface area contributed by atoms with Crippen molar-refractivity contribution in [3.8, 4) is 11.5 Å². The van der Waals surface area contributed by atoms with Gasteiger partial charge in [-0.05, 0) is 45.7 Å². The number of hydrogen-bond acceptors (Lipinski definition) is 3. The summed E-state index contributed by atoms with van der Waals surface area (Å²) in [6.45, 7) is 6.07. The minimum Gasteiger partial charge on any atom is -0.482 e. The Labute approximate surface area is 132 Å². The highest BCUT2D eigenvalue weighted by Crippen LogP contribution is 2.35. The molecule has 4 nitrogen and oxygen atoms in total. The molecule has 1 aliphatic carbocycles. The predicted octanol–water partition coefficient (Wildman–Crippen LogP) is 3.39. The third-order valence-electron chi connectivity index (χ3n) is 4.61. The molecule has 1 amide bonds. The molecule has 1 aromatic carbocycles. The fourth-order valence-electron chi connectivity index (χ4n) is 3.58. The standard InChI is InChI=1S/C18H25NO3/c1-12(2)19(14-8-4-5-9-14)18(20)17-13(3)21-15-10-6-7-11-16(15)22-17/h6-7,10-14,17H,4-5,8-9H2,1-3H3. The van der Waals surface area contributed by atoms with Crippen LogP contribution in [0, 0.1) is 0 Å². The number of hydrogen-bond donors (Lipinski definition) is 0. The van der Waals surface area contributed by atoms with Gasteiger partial charge in [0.05, 0.1) is 0 Å². The van der Waals surface area contributed by atoms with Gasteiger partial charge in [0.15, 0.2) is 11.5 Å². The third-order valence-corrected chi connectivity index (χ3v) is 4.61. The number of ether oxygens (including phenoxy) is 2. The largest absolute Gasteiger partial charge is 0.482 e. The molecule has 1 fully saturated rings. The average Bonchev–Trinajstić information content (AvgIpc) is 3.00. The fourth-order valence-corrected chi connectivity index (χ4v) is 3.58. The summed E-state index contributed by atoms with van der Waals surface area (Å²) < 4.78 is 11.9. The van der Waals surface area contributed by atoms with E-state index in [2.05, 4.69) is 13.8 Å². The van der Waals surface area contributed by atoms with E-state index < -0.39 is 6.10 Å². The lowest BCUT2D eigenvalue weighted by Gasteiger charge is -2.39. The number of carbonyl (C=O) groups excluding carboxylic acids is 1. The first-order chi connectivity index (χ1) is 10.6. The Balaban J connectivity index is 1.81. The SMILES string of the molecule is CC1Oc2ccccc2OC1C(=O)N(C(C)C)C1CCCC1. The molecule has 4 heteroatoms. The monoisotopic (exact) mass is 303 g/mol. The molecule has 0 saturated heterocycles. The lowest BCUT2D eigenvalue weighted by Crippen LogP contribution is -2.55. The highest BCUT2D eigenvalue weighted by molar-refractivity contribution is 5.83. The Bertz CT molecular complexity index is 537. The summed E-state index contributed by atoms with van der Waals surface area (Å²) in [5.41, 5.74) is 0. The molecule has 2 atom stereocenters. The Morgan fingerprint density at radius 2 is 1.73 bits per heavy atom. The van der Waals surface area contributed by atoms with E-state index in [0.29, 0.717) is 11.8 Å². The zero-order valence-electron chi connectivity index (χ0n) is 13.6. The first-order valence-electron chi connectivity index (χ1n) is 8.32. The number of para-hydroxylation sites is 2. The summed E-state index contributed by atoms with van der Waals surface area (Å²) in [6.07, 6.45) is 3.79. The molecule has 0 radical (unpaired) electrons. The second-order valence-corrected chi connectivity index (χ2v) is 6.59. The third kappa shape index (κ3) is 2.79. The van der Waals surface area contributed by atoms with Gasteiger partial charge in [0, 0.05) is 12.1 Å². The van der Waals surface area contributed by atoms with Gasteiger partial charge in [-0.25, -0.2) is 0 Å². The molecule has 2 unspecified atom stereocenters. The maximum Gasteiger partial charge on any atom is 0.268 e. The lowest BCUT2D eigenvalue weighted by atomic mass is 10.1. The van der Waals surface area contributed by atoms with Crippen molar-refractivity contribution in [2.75, 3.05) is 0 Å². The summed E-state index contributed by atoms with van der Waals surface area (Å²) in [5.74, 6) is 1.44. The quantitative estimate of drug-likeness (QED) is 0.859. The van der Waals surface area contributed by atoms with Gasteiger partial charge in [-0.2, -0.15) is 0 Å². The van der Waals surface area contributed by atoms with Crippen LogP contribution in [0.3, 0.4) is 0 Å². The van der Waals surface area contributed by atoms with E-state index in [1.165, 1.54) is 12.8 Å². The summed E-state index contributed by atoms with van der Waals surface area (Å²) in [4.78, 5) is 15.1. The molecule has 22 heavy (non-hydrogen) atoms. The summed E-state index contributed by atoms with van der Waals surface area (Å²) in [6, 6.07) is 8.08. The van der Waals surface area contributed by atoms with Gasteiger partial charge in [0.1, 0.15) is 6.10 Å². The average molecular weight is 303 g/mol. The molecule has 1 aromatic rings. The highest BCUT2D eigenvalue weighted by atomic mass is 16.6. The van der Waals surface area contributed by atoms with Gasteiger partial charge in [0.25, 0.3) is 5.91 Å². The predicted molar refractivity (Wildman–Crippen MR) is 85.2 cm³/mol. The van der Waals surface area contributed by atoms with Crippen LogP contribution in [0.2, 0.25) is 0 Å². The molecule has 0 bridgehead atoms. The van der Waals surface area contributed by atoms with Crippen molar-refractivity contribution in [1.82, 2.24) is 4.90 Å². The maximum atomic E-state index is 13.1. The summed E-state index contributed by atoms with van der Waals surface area (Å²) in [7, 11) is 0. The minimum atomic E-state index is -0.558. The van der Waals surface area contributed by atoms with Crippen molar-refractivity contribution in [3.63, 3.8) is 0 Å². The van der Waals surface area contributed by atoms with Gasteiger partial charge < -0.3 is 14.4 Å². The van der Waals surface area contributed by atoms with Crippen LogP contribution in [0.4, 0.5) is 0 Å². The molecule has 1 saturated carbocycles. The first kappa shape index (κ1) is 15.2. The van der Waals surface area contributed by atoms with E-state index in [9.17, 15) is 4.79 Å². The molecule has 2 aliphatic rings. The number of benzene rings is 1. The molecule has 0 spiro atoms. The number of nitrogens with zero attached hydrogens (tertiary/aromatic N) is 1. The van der Waals surface area contributed by atoms with Crippen LogP contribution in [0.5, 0.6) is 11.5 Å². The Kier molecular flexibility index (Phi) is 4.27. The van der Waals surface area contributed by atoms with E-state index in [0.717, 1.165) is 18.6 Å². The van der Waals surface area contributed by atoms with Gasteiger partial charge >= 0.3 is 0 Å². The molecule has 0 N–H and O–H groups in total. The van der Waals surface area contributed by atoms with E-state index in [4.69, 9.17) is 9.47 Å². The maximum absolute atomic E-state index is 13.1. The van der Waals surface area contributed by atoms with Crippen LogP contribution < -0.4 is 9.47 Å². The Morgan fingerprint density at radius 1 is 1.14 bits per heavy atom. The van der Waals surface area contributed by atoms with Gasteiger partial charge in [0.2, 0.25) is 6.10 Å². The normalized spacial score (nSPS) is 24.5. The zero-order chi connectivity index (χ0) is 15.7. The topological polar surface area (TPSA) is 38.8 Å². The molecule has 3 rings (SSSR count). The van der Waals surface area contributed by atoms with E-state index >= 15 is 0 Å². The van der Waals surface area contributed by atoms with Crippen molar-refractivity contribution >= 4 is 5.91 Å². The second-order valence-electron chi connectivity index (χ2n) is 6.59. The molecule has 1 aliphatic heterocycles. The second kappa shape index (κ2) is 6.19. The van der Waals surface area contributed by atoms with Crippen molar-refractivity contribution in [2.24, 2.45) is 0 Å². The lowest BCUT2D eigenvalue weighted by molar-refractivity contribution is -0.148. The minimum absolute atomic E-state index is 0.0592. The van der Waals surface area contributed by atoms with Crippen molar-refractivity contribution in [1.29, 1.82) is 0 Å². The van der Waals surface area contributed by atoms with Crippen LogP contribution >= 0.6 is 0 Å². The zero-order valence-corrected chi connectivity index (χ0v) is 13.6. The summed E-state index contributed by atoms with van der Waals surface area (Å²) >= 11 is 0. The van der Waals surface area contributed by atoms with Crippen LogP contribution in [0.15, 0.2) is 24.3 Å². The number of fused-ring (bicyclic) bond motifs is 1. The van der Waals surface area contributed by atoms with E-state index in [1.54, 1.807) is 0 Å². The molecule has 120 valence electrons. The van der Waals surface area contributed by atoms with Gasteiger partial charge in [-0.15, -0.1) is 0 Å². The van der Waals surface area contributed by atoms with E-state index in [1.807, 2.05) is 36.1 Å². The van der Waals surface area contributed by atoms with Crippen LogP contribution in [-0.2, 0) is 4.79 Å². The summed E-state index contributed by atoms with van der Waals surface area (Å²) in [5, 5.41) is 0. The van der Waals surface area contributed by atoms with Crippen molar-refractivity contribution in [2.45, 2.75) is 70.7 Å². The number of amides is 1. The van der Waals surface area contributed by atoms with Crippen molar-refractivity contribution < 1.29 is 14.3 Å². The highest BCUT2D eigenvalue weighted by Gasteiger charge is 2.40. The smallest absolute Gasteiger partial charge is 0.268 e. The van der Waals surface area contributed by atoms with Gasteiger partial charge in [-0.1, -0.05) is 25.0 Å².